The summed E-state index contributed by atoms with van der Waals surface area (Å²) in [6.45, 7) is 2.46. The maximum Gasteiger partial charge on any atom is 0.356 e. The van der Waals surface area contributed by atoms with Gasteiger partial charge < -0.3 is 25.4 Å². The van der Waals surface area contributed by atoms with E-state index in [4.69, 9.17) is 15.2 Å². The van der Waals surface area contributed by atoms with E-state index in [-0.39, 0.29) is 11.7 Å². The molecule has 1 unspecified atom stereocenters. The molecule has 7 heteroatoms. The number of methoxy groups -OCH3 is 2. The summed E-state index contributed by atoms with van der Waals surface area (Å²) in [4.78, 5) is 19.3. The molecule has 1 atom stereocenters. The summed E-state index contributed by atoms with van der Waals surface area (Å²) in [7, 11) is 3.10. The fraction of sp³-hybridized carbons (Fsp3) is 0.478. The Hall–Kier alpha value is -2.64. The lowest BCUT2D eigenvalue weighted by molar-refractivity contribution is 0.0594. The van der Waals surface area contributed by atoms with Crippen LogP contribution in [0.3, 0.4) is 0 Å². The number of nitrogens with zero attached hydrogens (tertiary/aromatic N) is 2. The van der Waals surface area contributed by atoms with Crippen molar-refractivity contribution in [2.75, 3.05) is 44.1 Å². The van der Waals surface area contributed by atoms with Gasteiger partial charge in [0.1, 0.15) is 5.82 Å². The van der Waals surface area contributed by atoms with Crippen molar-refractivity contribution in [1.29, 1.82) is 0 Å². The van der Waals surface area contributed by atoms with Crippen LogP contribution in [0.2, 0.25) is 0 Å². The number of carbonyl (C=O) groups excluding carboxylic acids is 1. The molecular weight excluding hydrogens is 380 g/mol. The van der Waals surface area contributed by atoms with Gasteiger partial charge in [0, 0.05) is 49.1 Å². The number of ether oxygens (including phenoxy) is 2. The van der Waals surface area contributed by atoms with Crippen molar-refractivity contribution in [3.8, 4) is 0 Å². The van der Waals surface area contributed by atoms with Crippen molar-refractivity contribution >= 4 is 23.2 Å². The van der Waals surface area contributed by atoms with Crippen molar-refractivity contribution in [3.63, 3.8) is 0 Å². The monoisotopic (exact) mass is 410 g/mol. The number of pyridine rings is 1. The van der Waals surface area contributed by atoms with Crippen LogP contribution in [0, 0.1) is 11.8 Å². The molecule has 1 aromatic carbocycles. The van der Waals surface area contributed by atoms with Crippen LogP contribution in [0.5, 0.6) is 0 Å². The van der Waals surface area contributed by atoms with Gasteiger partial charge in [0.15, 0.2) is 5.69 Å². The zero-order valence-corrected chi connectivity index (χ0v) is 17.6. The van der Waals surface area contributed by atoms with Crippen molar-refractivity contribution in [2.45, 2.75) is 25.3 Å². The van der Waals surface area contributed by atoms with Crippen LogP contribution in [-0.4, -0.2) is 44.9 Å². The number of para-hydroxylation sites is 1. The maximum absolute atomic E-state index is 12.4. The van der Waals surface area contributed by atoms with E-state index in [1.165, 1.54) is 13.5 Å². The minimum Gasteiger partial charge on any atom is -0.464 e. The number of nitrogens with two attached hydrogens (primary N) is 1. The molecule has 160 valence electrons. The predicted octanol–water partition coefficient (Wildman–Crippen LogP) is 3.49. The Balaban J connectivity index is 1.76. The number of rotatable bonds is 8. The lowest BCUT2D eigenvalue weighted by Crippen LogP contribution is -2.49. The molecule has 2 aliphatic rings. The Labute approximate surface area is 177 Å². The second-order valence-corrected chi connectivity index (χ2v) is 8.21. The molecule has 4 rings (SSSR count). The quantitative estimate of drug-likeness (QED) is 0.644. The summed E-state index contributed by atoms with van der Waals surface area (Å²) in [6, 6.07) is 11.5. The minimum atomic E-state index is -0.454. The molecule has 1 saturated heterocycles. The number of hydrogen-bond donors (Lipinski definition) is 2. The largest absolute Gasteiger partial charge is 0.464 e. The number of aromatic nitrogens is 1. The van der Waals surface area contributed by atoms with Gasteiger partial charge in [-0.05, 0) is 37.0 Å². The lowest BCUT2D eigenvalue weighted by Gasteiger charge is -2.43. The summed E-state index contributed by atoms with van der Waals surface area (Å²) in [5.74, 6) is 1.09. The molecule has 1 aliphatic heterocycles. The van der Waals surface area contributed by atoms with Crippen LogP contribution in [0.4, 0.5) is 17.2 Å². The van der Waals surface area contributed by atoms with Crippen LogP contribution >= 0.6 is 0 Å². The molecule has 2 heterocycles. The maximum atomic E-state index is 12.4. The number of nitrogens with one attached hydrogen (secondary N) is 1. The molecule has 2 aromatic rings. The third-order valence-corrected chi connectivity index (χ3v) is 6.16. The smallest absolute Gasteiger partial charge is 0.356 e. The van der Waals surface area contributed by atoms with E-state index in [0.29, 0.717) is 17.7 Å². The van der Waals surface area contributed by atoms with E-state index in [1.807, 2.05) is 36.4 Å². The molecule has 1 aliphatic carbocycles. The number of anilines is 3. The van der Waals surface area contributed by atoms with Gasteiger partial charge in [0.2, 0.25) is 0 Å². The van der Waals surface area contributed by atoms with Gasteiger partial charge in [-0.25, -0.2) is 9.78 Å². The highest BCUT2D eigenvalue weighted by atomic mass is 16.5. The zero-order chi connectivity index (χ0) is 21.1. The molecule has 0 amide bonds. The van der Waals surface area contributed by atoms with Crippen molar-refractivity contribution < 1.29 is 14.3 Å². The number of benzene rings is 1. The summed E-state index contributed by atoms with van der Waals surface area (Å²) < 4.78 is 10.3. The van der Waals surface area contributed by atoms with E-state index >= 15 is 0 Å². The van der Waals surface area contributed by atoms with E-state index in [9.17, 15) is 4.79 Å². The molecule has 3 N–H and O–H groups in total. The van der Waals surface area contributed by atoms with Gasteiger partial charge in [0.25, 0.3) is 0 Å². The summed E-state index contributed by atoms with van der Waals surface area (Å²) in [6.07, 6.45) is 3.45. The highest BCUT2D eigenvalue weighted by Gasteiger charge is 2.35. The Morgan fingerprint density at radius 1 is 1.27 bits per heavy atom. The summed E-state index contributed by atoms with van der Waals surface area (Å²) in [5, 5.41) is 3.41. The second kappa shape index (κ2) is 9.02. The fourth-order valence-corrected chi connectivity index (χ4v) is 4.24. The van der Waals surface area contributed by atoms with E-state index in [0.717, 1.165) is 49.5 Å². The first-order valence-electron chi connectivity index (χ1n) is 10.6. The second-order valence-electron chi connectivity index (χ2n) is 8.21. The molecule has 1 aromatic heterocycles. The van der Waals surface area contributed by atoms with Gasteiger partial charge in [0.05, 0.1) is 13.7 Å². The van der Waals surface area contributed by atoms with Crippen LogP contribution in [-0.2, 0) is 9.47 Å². The molecule has 30 heavy (non-hydrogen) atoms. The van der Waals surface area contributed by atoms with E-state index < -0.39 is 5.97 Å². The van der Waals surface area contributed by atoms with Gasteiger partial charge >= 0.3 is 5.97 Å². The van der Waals surface area contributed by atoms with Gasteiger partial charge in [-0.3, -0.25) is 0 Å². The van der Waals surface area contributed by atoms with E-state index in [2.05, 4.69) is 15.2 Å². The van der Waals surface area contributed by atoms with Crippen molar-refractivity contribution in [2.24, 2.45) is 17.6 Å². The Morgan fingerprint density at radius 2 is 2.00 bits per heavy atom. The van der Waals surface area contributed by atoms with Crippen LogP contribution < -0.4 is 16.0 Å². The molecule has 0 spiro atoms. The van der Waals surface area contributed by atoms with Crippen LogP contribution in [0.15, 0.2) is 36.4 Å². The third-order valence-electron chi connectivity index (χ3n) is 6.16. The SMILES string of the molecule is COCC1CN(c2cc(C(=O)OC)nc(Nc3ccccc3)c2C(N)C2CCC2)C1. The number of esters is 1. The van der Waals surface area contributed by atoms with Gasteiger partial charge in [-0.1, -0.05) is 24.6 Å². The molecule has 0 bridgehead atoms. The average molecular weight is 411 g/mol. The van der Waals surface area contributed by atoms with Gasteiger partial charge in [-0.2, -0.15) is 0 Å². The Kier molecular flexibility index (Phi) is 6.20. The zero-order valence-electron chi connectivity index (χ0n) is 17.6. The highest BCUT2D eigenvalue weighted by molar-refractivity contribution is 5.90. The predicted molar refractivity (Wildman–Crippen MR) is 117 cm³/mol. The Bertz CT molecular complexity index is 880. The van der Waals surface area contributed by atoms with Crippen molar-refractivity contribution in [1.82, 2.24) is 4.98 Å². The standard InChI is InChI=1S/C23H30N4O3/c1-29-14-15-12-27(13-15)19-11-18(23(28)30-2)26-22(25-17-9-4-3-5-10-17)20(19)21(24)16-7-6-8-16/h3-5,9-11,15-16,21H,6-8,12-14,24H2,1-2H3,(H,25,26). The summed E-state index contributed by atoms with van der Waals surface area (Å²) in [5.41, 5.74) is 9.91. The van der Waals surface area contributed by atoms with Crippen LogP contribution in [0.1, 0.15) is 41.4 Å². The topological polar surface area (TPSA) is 89.7 Å². The fourth-order valence-electron chi connectivity index (χ4n) is 4.24. The molecule has 0 radical (unpaired) electrons. The summed E-state index contributed by atoms with van der Waals surface area (Å²) >= 11 is 0. The van der Waals surface area contributed by atoms with E-state index in [1.54, 1.807) is 7.11 Å². The molecular formula is C23H30N4O3. The normalized spacial score (nSPS) is 17.8. The number of hydrogen-bond acceptors (Lipinski definition) is 7. The first-order valence-corrected chi connectivity index (χ1v) is 10.6. The minimum absolute atomic E-state index is 0.138. The van der Waals surface area contributed by atoms with Crippen LogP contribution in [0.25, 0.3) is 0 Å². The first-order chi connectivity index (χ1) is 14.6. The Morgan fingerprint density at radius 3 is 2.60 bits per heavy atom. The first kappa shape index (κ1) is 20.6. The van der Waals surface area contributed by atoms with Crippen molar-refractivity contribution in [3.05, 3.63) is 47.7 Å². The average Bonchev–Trinajstić information content (AvgIpc) is 2.68. The number of carbonyl (C=O) groups is 1. The molecule has 7 nitrogen and oxygen atoms in total. The lowest BCUT2D eigenvalue weighted by atomic mass is 9.77. The third kappa shape index (κ3) is 4.13. The van der Waals surface area contributed by atoms with Gasteiger partial charge in [-0.15, -0.1) is 0 Å². The molecule has 2 fully saturated rings. The highest BCUT2D eigenvalue weighted by Crippen LogP contribution is 2.44. The molecule has 1 saturated carbocycles.